The molecule has 3 rings (SSSR count). The van der Waals surface area contributed by atoms with Crippen LogP contribution in [0.15, 0.2) is 30.5 Å². The van der Waals surface area contributed by atoms with Crippen LogP contribution < -0.4 is 0 Å². The number of nitrogens with zero attached hydrogens (tertiary/aromatic N) is 1. The Kier molecular flexibility index (Phi) is 2.36. The van der Waals surface area contributed by atoms with Crippen LogP contribution in [0.2, 0.25) is 0 Å². The average molecular weight is 224 g/mol. The van der Waals surface area contributed by atoms with Gasteiger partial charge in [0.05, 0.1) is 11.2 Å². The summed E-state index contributed by atoms with van der Waals surface area (Å²) in [5, 5.41) is 2.57. The standard InChI is InChI=1S/C15H16N2/c1-3-4-11-5-6-12-13-7-8-16-10(2)15(13)17-14(12)9-11/h5-9,17H,3-4H2,1-2H3. The molecule has 0 unspecified atom stereocenters. The monoisotopic (exact) mass is 224 g/mol. The third kappa shape index (κ3) is 1.60. The number of aromatic nitrogens is 2. The predicted molar refractivity (Wildman–Crippen MR) is 72.3 cm³/mol. The fraction of sp³-hybridized carbons (Fsp3) is 0.267. The highest BCUT2D eigenvalue weighted by Gasteiger charge is 2.06. The number of nitrogens with one attached hydrogen (secondary N) is 1. The van der Waals surface area contributed by atoms with Crippen LogP contribution in [0.25, 0.3) is 21.8 Å². The third-order valence-electron chi connectivity index (χ3n) is 3.31. The van der Waals surface area contributed by atoms with Crippen LogP contribution in [0.4, 0.5) is 0 Å². The molecule has 0 fully saturated rings. The highest BCUT2D eigenvalue weighted by atomic mass is 14.8. The van der Waals surface area contributed by atoms with E-state index in [1.165, 1.54) is 28.3 Å². The van der Waals surface area contributed by atoms with E-state index in [0.717, 1.165) is 17.6 Å². The molecule has 0 amide bonds. The van der Waals surface area contributed by atoms with Crippen LogP contribution >= 0.6 is 0 Å². The van der Waals surface area contributed by atoms with Crippen LogP contribution in [0, 0.1) is 6.92 Å². The number of fused-ring (bicyclic) bond motifs is 3. The van der Waals surface area contributed by atoms with Gasteiger partial charge in [0, 0.05) is 22.5 Å². The fourth-order valence-electron chi connectivity index (χ4n) is 2.46. The van der Waals surface area contributed by atoms with Crippen molar-refractivity contribution < 1.29 is 0 Å². The number of aryl methyl sites for hydroxylation is 2. The molecule has 0 atom stereocenters. The average Bonchev–Trinajstić information content (AvgIpc) is 2.69. The second-order valence-electron chi connectivity index (χ2n) is 4.57. The zero-order valence-corrected chi connectivity index (χ0v) is 10.2. The molecule has 1 N–H and O–H groups in total. The summed E-state index contributed by atoms with van der Waals surface area (Å²) in [7, 11) is 0. The zero-order chi connectivity index (χ0) is 11.8. The molecular formula is C15H16N2. The van der Waals surface area contributed by atoms with Crippen molar-refractivity contribution in [2.24, 2.45) is 0 Å². The molecule has 0 aliphatic rings. The lowest BCUT2D eigenvalue weighted by Gasteiger charge is -1.98. The number of benzene rings is 1. The molecule has 0 saturated heterocycles. The van der Waals surface area contributed by atoms with Gasteiger partial charge in [-0.1, -0.05) is 25.5 Å². The molecule has 0 spiro atoms. The van der Waals surface area contributed by atoms with E-state index in [2.05, 4.69) is 41.2 Å². The van der Waals surface area contributed by atoms with E-state index in [-0.39, 0.29) is 0 Å². The van der Waals surface area contributed by atoms with E-state index >= 15 is 0 Å². The minimum atomic E-state index is 1.07. The topological polar surface area (TPSA) is 28.7 Å². The van der Waals surface area contributed by atoms with E-state index in [9.17, 15) is 0 Å². The molecule has 0 bridgehead atoms. The van der Waals surface area contributed by atoms with Gasteiger partial charge in [-0.15, -0.1) is 0 Å². The van der Waals surface area contributed by atoms with E-state index in [1.54, 1.807) is 0 Å². The van der Waals surface area contributed by atoms with E-state index in [1.807, 2.05) is 13.1 Å². The molecule has 0 aliphatic carbocycles. The van der Waals surface area contributed by atoms with Gasteiger partial charge in [-0.25, -0.2) is 0 Å². The fourth-order valence-corrected chi connectivity index (χ4v) is 2.46. The van der Waals surface area contributed by atoms with Crippen LogP contribution in [0.5, 0.6) is 0 Å². The van der Waals surface area contributed by atoms with Gasteiger partial charge in [0.15, 0.2) is 0 Å². The summed E-state index contributed by atoms with van der Waals surface area (Å²) in [5.41, 5.74) is 4.85. The highest BCUT2D eigenvalue weighted by Crippen LogP contribution is 2.27. The Morgan fingerprint density at radius 2 is 2.06 bits per heavy atom. The van der Waals surface area contributed by atoms with Crippen molar-refractivity contribution in [2.45, 2.75) is 26.7 Å². The normalized spacial score (nSPS) is 11.4. The van der Waals surface area contributed by atoms with Crippen molar-refractivity contribution in [3.8, 4) is 0 Å². The molecule has 86 valence electrons. The molecule has 0 saturated carbocycles. The molecule has 0 radical (unpaired) electrons. The number of H-pyrrole nitrogens is 1. The first-order valence-electron chi connectivity index (χ1n) is 6.15. The molecule has 0 aliphatic heterocycles. The van der Waals surface area contributed by atoms with Gasteiger partial charge in [-0.2, -0.15) is 0 Å². The van der Waals surface area contributed by atoms with Gasteiger partial charge < -0.3 is 4.98 Å². The van der Waals surface area contributed by atoms with Crippen LogP contribution in [0.3, 0.4) is 0 Å². The molecule has 3 aromatic rings. The van der Waals surface area contributed by atoms with Gasteiger partial charge >= 0.3 is 0 Å². The molecule has 2 heterocycles. The second kappa shape index (κ2) is 3.88. The Hall–Kier alpha value is -1.83. The lowest BCUT2D eigenvalue weighted by atomic mass is 10.1. The largest absolute Gasteiger partial charge is 0.353 e. The maximum Gasteiger partial charge on any atom is 0.0681 e. The van der Waals surface area contributed by atoms with Crippen molar-refractivity contribution in [3.63, 3.8) is 0 Å². The first-order chi connectivity index (χ1) is 8.29. The van der Waals surface area contributed by atoms with E-state index in [4.69, 9.17) is 0 Å². The Morgan fingerprint density at radius 3 is 2.88 bits per heavy atom. The lowest BCUT2D eigenvalue weighted by molar-refractivity contribution is 0.923. The van der Waals surface area contributed by atoms with Crippen molar-refractivity contribution >= 4 is 21.8 Å². The Labute approximate surface area is 101 Å². The lowest BCUT2D eigenvalue weighted by Crippen LogP contribution is -1.81. The maximum absolute atomic E-state index is 4.33. The molecule has 1 aromatic carbocycles. The zero-order valence-electron chi connectivity index (χ0n) is 10.2. The minimum Gasteiger partial charge on any atom is -0.353 e. The maximum atomic E-state index is 4.33. The van der Waals surface area contributed by atoms with Crippen molar-refractivity contribution in [2.75, 3.05) is 0 Å². The van der Waals surface area contributed by atoms with Crippen molar-refractivity contribution in [1.29, 1.82) is 0 Å². The van der Waals surface area contributed by atoms with Gasteiger partial charge in [0.2, 0.25) is 0 Å². The first-order valence-corrected chi connectivity index (χ1v) is 6.15. The second-order valence-corrected chi connectivity index (χ2v) is 4.57. The van der Waals surface area contributed by atoms with Crippen molar-refractivity contribution in [1.82, 2.24) is 9.97 Å². The summed E-state index contributed by atoms with van der Waals surface area (Å²) >= 11 is 0. The Balaban J connectivity index is 2.31. The van der Waals surface area contributed by atoms with Gasteiger partial charge in [0.25, 0.3) is 0 Å². The quantitative estimate of drug-likeness (QED) is 0.700. The summed E-state index contributed by atoms with van der Waals surface area (Å²) < 4.78 is 0. The summed E-state index contributed by atoms with van der Waals surface area (Å²) in [6, 6.07) is 8.80. The van der Waals surface area contributed by atoms with Crippen molar-refractivity contribution in [3.05, 3.63) is 41.7 Å². The van der Waals surface area contributed by atoms with E-state index in [0.29, 0.717) is 0 Å². The number of aromatic amines is 1. The molecule has 2 nitrogen and oxygen atoms in total. The summed E-state index contributed by atoms with van der Waals surface area (Å²) in [4.78, 5) is 7.81. The number of hydrogen-bond donors (Lipinski definition) is 1. The summed E-state index contributed by atoms with van der Waals surface area (Å²) in [6.07, 6.45) is 4.21. The predicted octanol–water partition coefficient (Wildman–Crippen LogP) is 3.98. The van der Waals surface area contributed by atoms with E-state index < -0.39 is 0 Å². The Bertz CT molecular complexity index is 680. The van der Waals surface area contributed by atoms with Crippen LogP contribution in [0.1, 0.15) is 24.6 Å². The minimum absolute atomic E-state index is 1.07. The first kappa shape index (κ1) is 10.3. The third-order valence-corrected chi connectivity index (χ3v) is 3.31. The Morgan fingerprint density at radius 1 is 1.18 bits per heavy atom. The van der Waals surface area contributed by atoms with Crippen LogP contribution in [-0.4, -0.2) is 9.97 Å². The molecular weight excluding hydrogens is 208 g/mol. The molecule has 2 heteroatoms. The highest BCUT2D eigenvalue weighted by molar-refractivity contribution is 6.07. The number of pyridine rings is 1. The van der Waals surface area contributed by atoms with Gasteiger partial charge in [-0.05, 0) is 31.0 Å². The smallest absolute Gasteiger partial charge is 0.0681 e. The number of rotatable bonds is 2. The summed E-state index contributed by atoms with van der Waals surface area (Å²) in [5.74, 6) is 0. The molecule has 2 aromatic heterocycles. The number of hydrogen-bond acceptors (Lipinski definition) is 1. The molecule has 17 heavy (non-hydrogen) atoms. The van der Waals surface area contributed by atoms with Crippen LogP contribution in [-0.2, 0) is 6.42 Å². The van der Waals surface area contributed by atoms with Gasteiger partial charge in [0.1, 0.15) is 0 Å². The summed E-state index contributed by atoms with van der Waals surface area (Å²) in [6.45, 7) is 4.26. The SMILES string of the molecule is CCCc1ccc2c(c1)[nH]c1c(C)nccc12. The van der Waals surface area contributed by atoms with Gasteiger partial charge in [-0.3, -0.25) is 4.98 Å².